The van der Waals surface area contributed by atoms with Crippen LogP contribution in [0.3, 0.4) is 0 Å². The van der Waals surface area contributed by atoms with Gasteiger partial charge in [0, 0.05) is 12.4 Å². The average molecular weight is 178 g/mol. The molecule has 0 aromatic carbocycles. The average Bonchev–Trinajstić information content (AvgIpc) is 2.49. The van der Waals surface area contributed by atoms with Gasteiger partial charge in [0.25, 0.3) is 0 Å². The smallest absolute Gasteiger partial charge is 0.356 e. The number of hydrogen-bond acceptors (Lipinski definition) is 4. The van der Waals surface area contributed by atoms with Crippen molar-refractivity contribution >= 4 is 17.3 Å². The molecular weight excluding hydrogens is 172 g/mol. The van der Waals surface area contributed by atoms with E-state index in [1.165, 1.54) is 16.9 Å². The molecule has 0 spiro atoms. The van der Waals surface area contributed by atoms with Gasteiger partial charge in [0.1, 0.15) is 17.7 Å². The molecular formula is C7H6N4O2. The van der Waals surface area contributed by atoms with Crippen LogP contribution in [0.5, 0.6) is 0 Å². The third kappa shape index (κ3) is 0.994. The van der Waals surface area contributed by atoms with E-state index in [1.807, 2.05) is 0 Å². The number of anilines is 1. The van der Waals surface area contributed by atoms with Gasteiger partial charge in [-0.3, -0.25) is 0 Å². The fourth-order valence-electron chi connectivity index (χ4n) is 1.13. The molecule has 0 bridgehead atoms. The van der Waals surface area contributed by atoms with E-state index in [0.717, 1.165) is 0 Å². The van der Waals surface area contributed by atoms with Crippen LogP contribution in [0, 0.1) is 0 Å². The zero-order valence-electron chi connectivity index (χ0n) is 6.51. The number of nitrogens with two attached hydrogens (primary N) is 1. The number of carbonyl (C=O) groups is 1. The highest BCUT2D eigenvalue weighted by Gasteiger charge is 2.13. The molecule has 0 atom stereocenters. The number of nitrogen functional groups attached to an aromatic ring is 1. The minimum Gasteiger partial charge on any atom is -0.476 e. The zero-order chi connectivity index (χ0) is 9.42. The second-order valence-electron chi connectivity index (χ2n) is 2.47. The van der Waals surface area contributed by atoms with E-state index in [2.05, 4.69) is 9.97 Å². The van der Waals surface area contributed by atoms with E-state index in [4.69, 9.17) is 10.8 Å². The van der Waals surface area contributed by atoms with Gasteiger partial charge in [-0.1, -0.05) is 0 Å². The largest absolute Gasteiger partial charge is 0.476 e. The summed E-state index contributed by atoms with van der Waals surface area (Å²) in [6.07, 6.45) is 4.46. The summed E-state index contributed by atoms with van der Waals surface area (Å²) in [6.45, 7) is 0. The summed E-state index contributed by atoms with van der Waals surface area (Å²) in [5.74, 6) is -0.945. The number of imidazole rings is 1. The van der Waals surface area contributed by atoms with Gasteiger partial charge in [0.15, 0.2) is 5.69 Å². The third-order valence-corrected chi connectivity index (χ3v) is 1.68. The number of hydrogen-bond donors (Lipinski definition) is 2. The van der Waals surface area contributed by atoms with Crippen LogP contribution in [0.15, 0.2) is 18.7 Å². The van der Waals surface area contributed by atoms with Crippen molar-refractivity contribution in [2.75, 3.05) is 5.73 Å². The minimum absolute atomic E-state index is 0.0781. The van der Waals surface area contributed by atoms with Crippen molar-refractivity contribution < 1.29 is 9.90 Å². The lowest BCUT2D eigenvalue weighted by atomic mass is 10.3. The molecule has 0 unspecified atom stereocenters. The van der Waals surface area contributed by atoms with E-state index in [0.29, 0.717) is 5.52 Å². The Balaban J connectivity index is 2.86. The van der Waals surface area contributed by atoms with Crippen LogP contribution in [0.25, 0.3) is 5.52 Å². The molecule has 6 nitrogen and oxygen atoms in total. The minimum atomic E-state index is -1.11. The second kappa shape index (κ2) is 2.44. The molecule has 13 heavy (non-hydrogen) atoms. The second-order valence-corrected chi connectivity index (χ2v) is 2.47. The molecule has 2 rings (SSSR count). The lowest BCUT2D eigenvalue weighted by molar-refractivity contribution is 0.0693. The molecule has 0 aliphatic rings. The van der Waals surface area contributed by atoms with Crippen LogP contribution >= 0.6 is 0 Å². The summed E-state index contributed by atoms with van der Waals surface area (Å²) in [5.41, 5.74) is 5.75. The van der Waals surface area contributed by atoms with Gasteiger partial charge in [-0.25, -0.2) is 14.8 Å². The summed E-state index contributed by atoms with van der Waals surface area (Å²) >= 11 is 0. The van der Waals surface area contributed by atoms with Crippen molar-refractivity contribution in [1.82, 2.24) is 14.4 Å². The predicted molar refractivity (Wildman–Crippen MR) is 44.4 cm³/mol. The van der Waals surface area contributed by atoms with Crippen molar-refractivity contribution in [2.45, 2.75) is 0 Å². The van der Waals surface area contributed by atoms with Crippen LogP contribution in [0.1, 0.15) is 10.5 Å². The molecule has 66 valence electrons. The Labute approximate surface area is 72.6 Å². The number of aromatic carboxylic acids is 1. The topological polar surface area (TPSA) is 93.5 Å². The number of carboxylic acid groups (broad SMARTS) is 1. The van der Waals surface area contributed by atoms with Crippen molar-refractivity contribution in [1.29, 1.82) is 0 Å². The normalized spacial score (nSPS) is 10.5. The van der Waals surface area contributed by atoms with Crippen LogP contribution in [-0.2, 0) is 0 Å². The van der Waals surface area contributed by atoms with Gasteiger partial charge in [-0.2, -0.15) is 0 Å². The van der Waals surface area contributed by atoms with Crippen molar-refractivity contribution in [3.8, 4) is 0 Å². The van der Waals surface area contributed by atoms with Crippen LogP contribution < -0.4 is 5.73 Å². The number of rotatable bonds is 1. The van der Waals surface area contributed by atoms with E-state index in [9.17, 15) is 4.79 Å². The first-order valence-electron chi connectivity index (χ1n) is 3.50. The lowest BCUT2D eigenvalue weighted by Gasteiger charge is -1.96. The quantitative estimate of drug-likeness (QED) is 0.641. The summed E-state index contributed by atoms with van der Waals surface area (Å²) in [7, 11) is 0. The molecule has 0 fully saturated rings. The number of carboxylic acids is 1. The van der Waals surface area contributed by atoms with Crippen LogP contribution in [0.2, 0.25) is 0 Å². The van der Waals surface area contributed by atoms with E-state index in [1.54, 1.807) is 6.20 Å². The predicted octanol–water partition coefficient (Wildman–Crippen LogP) is 0.00970. The Bertz CT molecular complexity index is 476. The number of nitrogens with zero attached hydrogens (tertiary/aromatic N) is 3. The zero-order valence-corrected chi connectivity index (χ0v) is 6.51. The first kappa shape index (κ1) is 7.53. The molecule has 0 saturated heterocycles. The first-order chi connectivity index (χ1) is 6.20. The Morgan fingerprint density at radius 3 is 3.00 bits per heavy atom. The maximum absolute atomic E-state index is 10.7. The Hall–Kier alpha value is -2.11. The van der Waals surface area contributed by atoms with E-state index >= 15 is 0 Å². The number of fused-ring (bicyclic) bond motifs is 1. The molecule has 2 heterocycles. The molecule has 2 aromatic rings. The van der Waals surface area contributed by atoms with Crippen molar-refractivity contribution in [2.24, 2.45) is 0 Å². The SMILES string of the molecule is Nc1nccn2cnc(C(=O)O)c12. The van der Waals surface area contributed by atoms with Gasteiger partial charge < -0.3 is 15.2 Å². The first-order valence-corrected chi connectivity index (χ1v) is 3.50. The van der Waals surface area contributed by atoms with E-state index in [-0.39, 0.29) is 11.5 Å². The van der Waals surface area contributed by atoms with Crippen molar-refractivity contribution in [3.05, 3.63) is 24.4 Å². The van der Waals surface area contributed by atoms with Gasteiger partial charge in [0.05, 0.1) is 0 Å². The van der Waals surface area contributed by atoms with Crippen LogP contribution in [0.4, 0.5) is 5.82 Å². The number of aromatic nitrogens is 3. The molecule has 2 aromatic heterocycles. The Morgan fingerprint density at radius 1 is 1.54 bits per heavy atom. The molecule has 6 heteroatoms. The van der Waals surface area contributed by atoms with Crippen molar-refractivity contribution in [3.63, 3.8) is 0 Å². The summed E-state index contributed by atoms with van der Waals surface area (Å²) < 4.78 is 1.52. The van der Waals surface area contributed by atoms with Gasteiger partial charge in [0.2, 0.25) is 0 Å². The monoisotopic (exact) mass is 178 g/mol. The fraction of sp³-hybridized carbons (Fsp3) is 0. The van der Waals surface area contributed by atoms with Gasteiger partial charge >= 0.3 is 5.97 Å². The maximum Gasteiger partial charge on any atom is 0.356 e. The molecule has 0 aliphatic heterocycles. The van der Waals surface area contributed by atoms with Gasteiger partial charge in [-0.05, 0) is 0 Å². The van der Waals surface area contributed by atoms with E-state index < -0.39 is 5.97 Å². The fourth-order valence-corrected chi connectivity index (χ4v) is 1.13. The summed E-state index contributed by atoms with van der Waals surface area (Å²) in [5, 5.41) is 8.74. The van der Waals surface area contributed by atoms with Gasteiger partial charge in [-0.15, -0.1) is 0 Å². The Kier molecular flexibility index (Phi) is 1.42. The summed E-state index contributed by atoms with van der Waals surface area (Å²) in [6, 6.07) is 0. The summed E-state index contributed by atoms with van der Waals surface area (Å²) in [4.78, 5) is 18.1. The molecule has 0 aliphatic carbocycles. The molecule has 0 saturated carbocycles. The molecule has 0 radical (unpaired) electrons. The Morgan fingerprint density at radius 2 is 2.31 bits per heavy atom. The highest BCUT2D eigenvalue weighted by Crippen LogP contribution is 2.14. The molecule has 0 amide bonds. The third-order valence-electron chi connectivity index (χ3n) is 1.68. The lowest BCUT2D eigenvalue weighted by Crippen LogP contribution is -2.01. The highest BCUT2D eigenvalue weighted by atomic mass is 16.4. The highest BCUT2D eigenvalue weighted by molar-refractivity contribution is 5.96. The van der Waals surface area contributed by atoms with Crippen LogP contribution in [-0.4, -0.2) is 25.4 Å². The maximum atomic E-state index is 10.7. The molecule has 3 N–H and O–H groups in total. The standard InChI is InChI=1S/C7H6N4O2/c8-6-5-4(7(12)13)10-3-11(5)2-1-9-6/h1-3H,(H2,8,9)(H,12,13).